The Labute approximate surface area is 98.7 Å². The summed E-state index contributed by atoms with van der Waals surface area (Å²) in [7, 11) is -3.80. The molecule has 0 saturated carbocycles. The molecule has 0 radical (unpaired) electrons. The normalized spacial score (nSPS) is 11.3. The van der Waals surface area contributed by atoms with Gasteiger partial charge in [0.2, 0.25) is 9.84 Å². The fourth-order valence-electron chi connectivity index (χ4n) is 1.46. The molecular formula is C12H10O4S. The Morgan fingerprint density at radius 1 is 0.882 bits per heavy atom. The molecule has 0 aliphatic carbocycles. The highest BCUT2D eigenvalue weighted by molar-refractivity contribution is 7.91. The summed E-state index contributed by atoms with van der Waals surface area (Å²) in [5.74, 6) is -0.447. The Morgan fingerprint density at radius 2 is 1.59 bits per heavy atom. The fourth-order valence-corrected chi connectivity index (χ4v) is 2.85. The van der Waals surface area contributed by atoms with Crippen LogP contribution in [0.15, 0.2) is 58.3 Å². The first-order valence-corrected chi connectivity index (χ1v) is 6.32. The van der Waals surface area contributed by atoms with Crippen molar-refractivity contribution in [1.29, 1.82) is 0 Å². The largest absolute Gasteiger partial charge is 0.508 e. The number of benzene rings is 2. The van der Waals surface area contributed by atoms with Crippen LogP contribution in [0.2, 0.25) is 0 Å². The second kappa shape index (κ2) is 4.10. The number of hydrogen-bond donors (Lipinski definition) is 2. The monoisotopic (exact) mass is 250 g/mol. The minimum absolute atomic E-state index is 0.0565. The van der Waals surface area contributed by atoms with Crippen LogP contribution in [0.5, 0.6) is 11.5 Å². The molecule has 0 atom stereocenters. The molecule has 0 saturated heterocycles. The van der Waals surface area contributed by atoms with Crippen molar-refractivity contribution < 1.29 is 18.6 Å². The molecule has 2 rings (SSSR count). The number of phenols is 2. The van der Waals surface area contributed by atoms with Gasteiger partial charge in [-0.15, -0.1) is 0 Å². The molecule has 0 bridgehead atoms. The molecule has 0 fully saturated rings. The van der Waals surface area contributed by atoms with Crippen LogP contribution in [0.25, 0.3) is 0 Å². The van der Waals surface area contributed by atoms with Crippen LogP contribution < -0.4 is 0 Å². The van der Waals surface area contributed by atoms with Crippen LogP contribution in [0.3, 0.4) is 0 Å². The molecule has 0 heterocycles. The summed E-state index contributed by atoms with van der Waals surface area (Å²) in [4.78, 5) is -0.232. The second-order valence-electron chi connectivity index (χ2n) is 3.47. The van der Waals surface area contributed by atoms with Gasteiger partial charge in [0.25, 0.3) is 0 Å². The highest BCUT2D eigenvalue weighted by Crippen LogP contribution is 2.29. The Bertz CT molecular complexity index is 647. The zero-order chi connectivity index (χ0) is 12.5. The first-order valence-electron chi connectivity index (χ1n) is 4.84. The van der Waals surface area contributed by atoms with Gasteiger partial charge in [-0.05, 0) is 30.3 Å². The number of para-hydroxylation sites is 1. The van der Waals surface area contributed by atoms with E-state index >= 15 is 0 Å². The summed E-state index contributed by atoms with van der Waals surface area (Å²) in [6.07, 6.45) is 0. The lowest BCUT2D eigenvalue weighted by molar-refractivity contribution is 0.458. The third kappa shape index (κ3) is 2.09. The average Bonchev–Trinajstić information content (AvgIpc) is 2.29. The zero-order valence-electron chi connectivity index (χ0n) is 8.74. The predicted molar refractivity (Wildman–Crippen MR) is 61.7 cm³/mol. The van der Waals surface area contributed by atoms with Crippen molar-refractivity contribution in [3.05, 3.63) is 48.5 Å². The van der Waals surface area contributed by atoms with Crippen LogP contribution in [0.1, 0.15) is 0 Å². The number of phenolic OH excluding ortho intramolecular Hbond substituents is 2. The molecule has 2 aromatic rings. The van der Waals surface area contributed by atoms with E-state index in [0.29, 0.717) is 0 Å². The lowest BCUT2D eigenvalue weighted by Crippen LogP contribution is -2.01. The maximum Gasteiger partial charge on any atom is 0.210 e. The second-order valence-corrected chi connectivity index (χ2v) is 5.39. The zero-order valence-corrected chi connectivity index (χ0v) is 9.55. The summed E-state index contributed by atoms with van der Waals surface area (Å²) in [6, 6.07) is 11.0. The Hall–Kier alpha value is -2.01. The maximum absolute atomic E-state index is 12.1. The van der Waals surface area contributed by atoms with Gasteiger partial charge in [0.15, 0.2) is 0 Å². The number of rotatable bonds is 2. The van der Waals surface area contributed by atoms with E-state index < -0.39 is 9.84 Å². The highest BCUT2D eigenvalue weighted by atomic mass is 32.2. The standard InChI is InChI=1S/C12H10O4S/c13-9-4-3-5-10(8-9)17(15,16)12-7-2-1-6-11(12)14/h1-8,13-14H. The van der Waals surface area contributed by atoms with Crippen molar-refractivity contribution in [3.8, 4) is 11.5 Å². The molecule has 17 heavy (non-hydrogen) atoms. The van der Waals surface area contributed by atoms with Crippen LogP contribution in [0, 0.1) is 0 Å². The lowest BCUT2D eigenvalue weighted by Gasteiger charge is -2.06. The van der Waals surface area contributed by atoms with Crippen molar-refractivity contribution in [2.24, 2.45) is 0 Å². The fraction of sp³-hybridized carbons (Fsp3) is 0. The highest BCUT2D eigenvalue weighted by Gasteiger charge is 2.21. The van der Waals surface area contributed by atoms with Crippen molar-refractivity contribution in [2.45, 2.75) is 9.79 Å². The van der Waals surface area contributed by atoms with Gasteiger partial charge < -0.3 is 10.2 Å². The van der Waals surface area contributed by atoms with Crippen LogP contribution in [-0.4, -0.2) is 18.6 Å². The van der Waals surface area contributed by atoms with E-state index in [1.165, 1.54) is 42.5 Å². The molecule has 0 aliphatic heterocycles. The Kier molecular flexibility index (Phi) is 2.77. The van der Waals surface area contributed by atoms with Gasteiger partial charge in [0.05, 0.1) is 4.90 Å². The molecule has 2 N–H and O–H groups in total. The molecule has 2 aromatic carbocycles. The summed E-state index contributed by atoms with van der Waals surface area (Å²) in [5.41, 5.74) is 0. The molecule has 0 spiro atoms. The molecular weight excluding hydrogens is 240 g/mol. The number of hydrogen-bond acceptors (Lipinski definition) is 4. The van der Waals surface area contributed by atoms with Gasteiger partial charge in [-0.1, -0.05) is 18.2 Å². The SMILES string of the molecule is O=S(=O)(c1cccc(O)c1)c1ccccc1O. The maximum atomic E-state index is 12.1. The van der Waals surface area contributed by atoms with E-state index in [2.05, 4.69) is 0 Å². The minimum Gasteiger partial charge on any atom is -0.508 e. The summed E-state index contributed by atoms with van der Waals surface area (Å²) >= 11 is 0. The van der Waals surface area contributed by atoms with Crippen molar-refractivity contribution in [1.82, 2.24) is 0 Å². The molecule has 0 amide bonds. The number of aromatic hydroxyl groups is 2. The summed E-state index contributed by atoms with van der Waals surface area (Å²) in [6.45, 7) is 0. The molecule has 88 valence electrons. The molecule has 0 aromatic heterocycles. The predicted octanol–water partition coefficient (Wildman–Crippen LogP) is 1.93. The van der Waals surface area contributed by atoms with Crippen molar-refractivity contribution in [2.75, 3.05) is 0 Å². The smallest absolute Gasteiger partial charge is 0.210 e. The summed E-state index contributed by atoms with van der Waals surface area (Å²) < 4.78 is 24.3. The van der Waals surface area contributed by atoms with Crippen molar-refractivity contribution in [3.63, 3.8) is 0 Å². The van der Waals surface area contributed by atoms with Crippen molar-refractivity contribution >= 4 is 9.84 Å². The van der Waals surface area contributed by atoms with E-state index in [1.54, 1.807) is 0 Å². The van der Waals surface area contributed by atoms with Gasteiger partial charge in [-0.3, -0.25) is 0 Å². The molecule has 4 nitrogen and oxygen atoms in total. The quantitative estimate of drug-likeness (QED) is 0.854. The van der Waals surface area contributed by atoms with Crippen LogP contribution in [-0.2, 0) is 9.84 Å². The molecule has 0 aliphatic rings. The van der Waals surface area contributed by atoms with E-state index in [1.807, 2.05) is 0 Å². The van der Waals surface area contributed by atoms with Crippen LogP contribution >= 0.6 is 0 Å². The van der Waals surface area contributed by atoms with Crippen LogP contribution in [0.4, 0.5) is 0 Å². The van der Waals surface area contributed by atoms with Gasteiger partial charge in [0, 0.05) is 0 Å². The minimum atomic E-state index is -3.80. The average molecular weight is 250 g/mol. The Balaban J connectivity index is 2.63. The first kappa shape index (κ1) is 11.5. The van der Waals surface area contributed by atoms with Gasteiger partial charge in [0.1, 0.15) is 16.4 Å². The van der Waals surface area contributed by atoms with Gasteiger partial charge in [-0.2, -0.15) is 0 Å². The Morgan fingerprint density at radius 3 is 2.24 bits per heavy atom. The molecule has 5 heteroatoms. The van der Waals surface area contributed by atoms with E-state index in [-0.39, 0.29) is 21.3 Å². The number of sulfone groups is 1. The third-order valence-corrected chi connectivity index (χ3v) is 4.08. The topological polar surface area (TPSA) is 74.6 Å². The van der Waals surface area contributed by atoms with E-state index in [9.17, 15) is 18.6 Å². The first-order chi connectivity index (χ1) is 8.01. The lowest BCUT2D eigenvalue weighted by atomic mass is 10.3. The van der Waals surface area contributed by atoms with E-state index in [4.69, 9.17) is 0 Å². The van der Waals surface area contributed by atoms with Gasteiger partial charge in [-0.25, -0.2) is 8.42 Å². The van der Waals surface area contributed by atoms with E-state index in [0.717, 1.165) is 6.07 Å². The molecule has 0 unspecified atom stereocenters. The van der Waals surface area contributed by atoms with Gasteiger partial charge >= 0.3 is 0 Å². The third-order valence-electron chi connectivity index (χ3n) is 2.28. The summed E-state index contributed by atoms with van der Waals surface area (Å²) in [5, 5.41) is 18.8.